The summed E-state index contributed by atoms with van der Waals surface area (Å²) in [6, 6.07) is 10.3. The third kappa shape index (κ3) is 15.1. The van der Waals surface area contributed by atoms with Crippen molar-refractivity contribution in [3.63, 3.8) is 0 Å². The number of ether oxygens (including phenoxy) is 3. The van der Waals surface area contributed by atoms with E-state index in [4.69, 9.17) is 54.1 Å². The molecule has 446 valence electrons. The normalized spacial score (nSPS) is 16.7. The monoisotopic (exact) mass is 1220 g/mol. The lowest BCUT2D eigenvalue weighted by molar-refractivity contribution is -0.141. The summed E-state index contributed by atoms with van der Waals surface area (Å²) in [5, 5.41) is 22.7. The van der Waals surface area contributed by atoms with Gasteiger partial charge in [-0.3, -0.25) is 27.6 Å². The maximum atomic E-state index is 13.0. The van der Waals surface area contributed by atoms with E-state index in [1.165, 1.54) is 13.2 Å². The molecular weight excluding hydrogens is 1160 g/mol. The lowest BCUT2D eigenvalue weighted by Gasteiger charge is -2.28. The standard InChI is InChI=1S/3C18H19ClN4O4.C2H6O/c3*1-9(2)8-27-17(25)12-10(3)20-18(26)22-14(12)13-15(19)21-11-6-4-5-7-23(11)16(13)24;1-2-3/h3*4-7,9,14H,8H2,1-3H3,(H2,20,22,26);3H,2H2,1H3. The number of carbonyl (C=O) groups excluding carboxylic acids is 6. The van der Waals surface area contributed by atoms with Gasteiger partial charge in [-0.15, -0.1) is 0 Å². The fourth-order valence-electron chi connectivity index (χ4n) is 8.46. The van der Waals surface area contributed by atoms with Crippen LogP contribution in [0.4, 0.5) is 14.4 Å². The van der Waals surface area contributed by atoms with E-state index in [2.05, 4.69) is 46.9 Å². The Balaban J connectivity index is 0.000000197. The van der Waals surface area contributed by atoms with Gasteiger partial charge in [-0.1, -0.05) is 94.5 Å². The van der Waals surface area contributed by atoms with Crippen LogP contribution in [0.25, 0.3) is 16.9 Å². The topological polar surface area (TPSA) is 326 Å². The zero-order valence-corrected chi connectivity index (χ0v) is 49.7. The van der Waals surface area contributed by atoms with Crippen LogP contribution in [0, 0.1) is 17.8 Å². The molecule has 6 aromatic rings. The van der Waals surface area contributed by atoms with Crippen molar-refractivity contribution in [3.8, 4) is 0 Å². The molecule has 7 N–H and O–H groups in total. The second-order valence-electron chi connectivity index (χ2n) is 20.2. The zero-order chi connectivity index (χ0) is 61.9. The first-order chi connectivity index (χ1) is 39.8. The molecule has 9 heterocycles. The van der Waals surface area contributed by atoms with Gasteiger partial charge in [0.25, 0.3) is 16.7 Å². The van der Waals surface area contributed by atoms with Crippen molar-refractivity contribution < 1.29 is 48.1 Å². The van der Waals surface area contributed by atoms with Crippen molar-refractivity contribution in [3.05, 3.63) is 170 Å². The minimum absolute atomic E-state index is 0.00561. The number of hydrogen-bond donors (Lipinski definition) is 7. The van der Waals surface area contributed by atoms with Gasteiger partial charge in [0.05, 0.1) is 71.4 Å². The van der Waals surface area contributed by atoms with Crippen LogP contribution in [0.3, 0.4) is 0 Å². The molecule has 0 aliphatic carbocycles. The van der Waals surface area contributed by atoms with Gasteiger partial charge in [0.2, 0.25) is 0 Å². The summed E-state index contributed by atoms with van der Waals surface area (Å²) in [6.07, 6.45) is 4.63. The van der Waals surface area contributed by atoms with Crippen LogP contribution in [0.2, 0.25) is 15.5 Å². The molecule has 25 nitrogen and oxygen atoms in total. The minimum Gasteiger partial charge on any atom is -0.462 e. The summed E-state index contributed by atoms with van der Waals surface area (Å²) < 4.78 is 19.8. The SMILES string of the molecule is CC1=C(C(=O)OCC(C)C)C(c2c(Cl)nc3ccccn3c2=O)NC(=O)N1.CC1=C(C(=O)OCC(C)C)C(c2c(Cl)nc3ccccn3c2=O)NC(=O)N1.CC1=C(C(=O)OCC(C)C)C(c2c(Cl)nc3ccccn3c2=O)NC(=O)N1.CCO. The van der Waals surface area contributed by atoms with Crippen LogP contribution in [0.5, 0.6) is 0 Å². The highest BCUT2D eigenvalue weighted by molar-refractivity contribution is 6.31. The van der Waals surface area contributed by atoms with Crippen LogP contribution < -0.4 is 48.6 Å². The molecule has 0 aromatic carbocycles. The Labute approximate surface area is 495 Å². The summed E-state index contributed by atoms with van der Waals surface area (Å²) in [5.74, 6) is -1.49. The van der Waals surface area contributed by atoms with E-state index in [9.17, 15) is 43.2 Å². The number of nitrogens with one attached hydrogen (secondary N) is 6. The summed E-state index contributed by atoms with van der Waals surface area (Å²) in [7, 11) is 0. The van der Waals surface area contributed by atoms with Gasteiger partial charge in [-0.05, 0) is 81.8 Å². The molecule has 0 spiro atoms. The maximum Gasteiger partial charge on any atom is 0.338 e. The van der Waals surface area contributed by atoms with Gasteiger partial charge in [0, 0.05) is 42.3 Å². The molecule has 6 amide bonds. The number of aliphatic hydroxyl groups excluding tert-OH is 1. The summed E-state index contributed by atoms with van der Waals surface area (Å²) in [6.45, 7) is 18.7. The molecule has 3 unspecified atom stereocenters. The number of esters is 3. The van der Waals surface area contributed by atoms with Gasteiger partial charge in [0.15, 0.2) is 0 Å². The predicted molar refractivity (Wildman–Crippen MR) is 311 cm³/mol. The van der Waals surface area contributed by atoms with Gasteiger partial charge >= 0.3 is 36.0 Å². The number of allylic oxidation sites excluding steroid dienone is 3. The van der Waals surface area contributed by atoms with Gasteiger partial charge in [-0.2, -0.15) is 0 Å². The van der Waals surface area contributed by atoms with Gasteiger partial charge < -0.3 is 51.2 Å². The highest BCUT2D eigenvalue weighted by Crippen LogP contribution is 2.33. The Kier molecular flexibility index (Phi) is 21.9. The number of amides is 6. The van der Waals surface area contributed by atoms with Crippen LogP contribution >= 0.6 is 34.8 Å². The molecule has 3 atom stereocenters. The van der Waals surface area contributed by atoms with E-state index in [1.54, 1.807) is 101 Å². The molecule has 6 aromatic heterocycles. The molecule has 9 rings (SSSR count). The Morgan fingerprint density at radius 1 is 0.488 bits per heavy atom. The Hall–Kier alpha value is -8.65. The number of aliphatic hydroxyl groups is 1. The Morgan fingerprint density at radius 2 is 0.726 bits per heavy atom. The minimum atomic E-state index is -1.07. The average Bonchev–Trinajstić information content (AvgIpc) is 1.37. The van der Waals surface area contributed by atoms with E-state index in [-0.39, 0.29) is 93.1 Å². The number of urea groups is 3. The molecule has 0 fully saturated rings. The van der Waals surface area contributed by atoms with Crippen molar-refractivity contribution in [1.29, 1.82) is 0 Å². The number of hydrogen-bond acceptors (Lipinski definition) is 16. The van der Waals surface area contributed by atoms with E-state index < -0.39 is 70.8 Å². The van der Waals surface area contributed by atoms with Crippen LogP contribution in [-0.4, -0.2) is 95.7 Å². The molecule has 28 heteroatoms. The number of fused-ring (bicyclic) bond motifs is 3. The zero-order valence-electron chi connectivity index (χ0n) is 47.4. The van der Waals surface area contributed by atoms with Crippen LogP contribution in [-0.2, 0) is 28.6 Å². The fraction of sp³-hybridized carbons (Fsp3) is 0.357. The number of carbonyl (C=O) groups is 6. The van der Waals surface area contributed by atoms with E-state index >= 15 is 0 Å². The maximum absolute atomic E-state index is 13.0. The van der Waals surface area contributed by atoms with Crippen molar-refractivity contribution in [1.82, 2.24) is 60.1 Å². The molecule has 0 bridgehead atoms. The Bertz CT molecular complexity index is 3450. The number of halogens is 3. The Morgan fingerprint density at radius 3 is 0.952 bits per heavy atom. The van der Waals surface area contributed by atoms with Crippen molar-refractivity contribution in [2.75, 3.05) is 26.4 Å². The summed E-state index contributed by atoms with van der Waals surface area (Å²) in [5.41, 5.74) is 0.931. The smallest absolute Gasteiger partial charge is 0.338 e. The quantitative estimate of drug-likeness (QED) is 0.0389. The molecule has 0 radical (unpaired) electrons. The van der Waals surface area contributed by atoms with Crippen molar-refractivity contribution in [2.45, 2.75) is 87.4 Å². The molecule has 3 aliphatic rings. The largest absolute Gasteiger partial charge is 0.462 e. The number of nitrogens with zero attached hydrogens (tertiary/aromatic N) is 6. The van der Waals surface area contributed by atoms with Crippen LogP contribution in [0.1, 0.15) is 104 Å². The lowest BCUT2D eigenvalue weighted by atomic mass is 9.97. The van der Waals surface area contributed by atoms with Crippen molar-refractivity contribution >= 4 is 87.7 Å². The van der Waals surface area contributed by atoms with Crippen LogP contribution in [0.15, 0.2) is 121 Å². The summed E-state index contributed by atoms with van der Waals surface area (Å²) >= 11 is 18.8. The first-order valence-electron chi connectivity index (χ1n) is 26.3. The summed E-state index contributed by atoms with van der Waals surface area (Å²) in [4.78, 5) is 126. The van der Waals surface area contributed by atoms with Gasteiger partial charge in [0.1, 0.15) is 32.4 Å². The number of aromatic nitrogens is 6. The molecule has 3 aliphatic heterocycles. The van der Waals surface area contributed by atoms with E-state index in [0.29, 0.717) is 34.0 Å². The second-order valence-corrected chi connectivity index (χ2v) is 21.2. The molecule has 84 heavy (non-hydrogen) atoms. The average molecular weight is 1220 g/mol. The third-order valence-corrected chi connectivity index (χ3v) is 13.0. The highest BCUT2D eigenvalue weighted by atomic mass is 35.5. The molecule has 0 saturated carbocycles. The number of pyridine rings is 3. The third-order valence-electron chi connectivity index (χ3n) is 12.1. The first-order valence-corrected chi connectivity index (χ1v) is 27.4. The van der Waals surface area contributed by atoms with Crippen molar-refractivity contribution in [2.24, 2.45) is 17.8 Å². The lowest BCUT2D eigenvalue weighted by Crippen LogP contribution is -2.47. The van der Waals surface area contributed by atoms with E-state index in [1.807, 2.05) is 41.5 Å². The van der Waals surface area contributed by atoms with Gasteiger partial charge in [-0.25, -0.2) is 43.7 Å². The molecular formula is C56H63Cl3N12O13. The molecule has 0 saturated heterocycles. The van der Waals surface area contributed by atoms with E-state index in [0.717, 1.165) is 0 Å². The number of rotatable bonds is 12. The second kappa shape index (κ2) is 28.6. The first kappa shape index (κ1) is 64.5. The highest BCUT2D eigenvalue weighted by Gasteiger charge is 2.39. The predicted octanol–water partition coefficient (Wildman–Crippen LogP) is 6.52. The fourth-order valence-corrected chi connectivity index (χ4v) is 9.29.